The molecule has 1 aromatic carbocycles. The molecule has 0 saturated heterocycles. The Hall–Kier alpha value is -2.50. The predicted molar refractivity (Wildman–Crippen MR) is 98.2 cm³/mol. The summed E-state index contributed by atoms with van der Waals surface area (Å²) in [5.74, 6) is 0.687. The molecule has 25 heavy (non-hydrogen) atoms. The third-order valence-electron chi connectivity index (χ3n) is 4.78. The zero-order valence-electron chi connectivity index (χ0n) is 15.4. The number of para-hydroxylation sites is 2. The first kappa shape index (κ1) is 17.3. The molecule has 1 aliphatic heterocycles. The van der Waals surface area contributed by atoms with E-state index in [9.17, 15) is 4.79 Å². The Balaban J connectivity index is 1.58. The lowest BCUT2D eigenvalue weighted by atomic mass is 10.1. The van der Waals surface area contributed by atoms with Crippen molar-refractivity contribution in [2.45, 2.75) is 39.8 Å². The number of ether oxygens (including phenoxy) is 1. The van der Waals surface area contributed by atoms with E-state index in [-0.39, 0.29) is 5.91 Å². The van der Waals surface area contributed by atoms with Gasteiger partial charge in [0, 0.05) is 25.8 Å². The quantitative estimate of drug-likeness (QED) is 0.904. The second-order valence-electron chi connectivity index (χ2n) is 6.46. The molecule has 1 atom stereocenters. The molecular formula is C19H26N4O2. The monoisotopic (exact) mass is 342 g/mol. The van der Waals surface area contributed by atoms with Crippen molar-refractivity contribution < 1.29 is 9.53 Å². The molecule has 1 unspecified atom stereocenters. The average Bonchev–Trinajstić information content (AvgIpc) is 2.89. The summed E-state index contributed by atoms with van der Waals surface area (Å²) in [4.78, 5) is 14.5. The molecule has 1 amide bonds. The molecule has 0 bridgehead atoms. The highest BCUT2D eigenvalue weighted by atomic mass is 16.5. The Morgan fingerprint density at radius 1 is 1.36 bits per heavy atom. The predicted octanol–water partition coefficient (Wildman–Crippen LogP) is 2.08. The fourth-order valence-electron chi connectivity index (χ4n) is 3.37. The Kier molecular flexibility index (Phi) is 4.97. The number of carbonyl (C=O) groups excluding carboxylic acids is 1. The van der Waals surface area contributed by atoms with Crippen molar-refractivity contribution >= 4 is 11.6 Å². The van der Waals surface area contributed by atoms with E-state index < -0.39 is 6.10 Å². The van der Waals surface area contributed by atoms with Gasteiger partial charge in [-0.25, -0.2) is 0 Å². The molecule has 2 aromatic rings. The van der Waals surface area contributed by atoms with E-state index in [4.69, 9.17) is 4.74 Å². The number of nitrogens with zero attached hydrogens (tertiary/aromatic N) is 3. The summed E-state index contributed by atoms with van der Waals surface area (Å²) in [6.07, 6.45) is 0.295. The van der Waals surface area contributed by atoms with Gasteiger partial charge in [-0.1, -0.05) is 12.1 Å². The van der Waals surface area contributed by atoms with Gasteiger partial charge in [0.15, 0.2) is 6.10 Å². The fourth-order valence-corrected chi connectivity index (χ4v) is 3.37. The van der Waals surface area contributed by atoms with Crippen molar-refractivity contribution in [3.8, 4) is 5.75 Å². The van der Waals surface area contributed by atoms with Crippen molar-refractivity contribution in [3.63, 3.8) is 0 Å². The number of anilines is 1. The minimum absolute atomic E-state index is 0.0699. The van der Waals surface area contributed by atoms with Crippen molar-refractivity contribution in [2.75, 3.05) is 25.0 Å². The molecule has 6 heteroatoms. The van der Waals surface area contributed by atoms with Crippen molar-refractivity contribution in [3.05, 3.63) is 41.2 Å². The van der Waals surface area contributed by atoms with Gasteiger partial charge in [0.1, 0.15) is 5.75 Å². The molecule has 1 aliphatic rings. The highest BCUT2D eigenvalue weighted by Gasteiger charge is 2.28. The average molecular weight is 342 g/mol. The Morgan fingerprint density at radius 2 is 2.12 bits per heavy atom. The molecule has 2 heterocycles. The third kappa shape index (κ3) is 3.48. The van der Waals surface area contributed by atoms with Crippen LogP contribution in [-0.2, 0) is 17.8 Å². The van der Waals surface area contributed by atoms with Gasteiger partial charge in [-0.3, -0.25) is 9.48 Å². The van der Waals surface area contributed by atoms with E-state index in [2.05, 4.69) is 29.2 Å². The van der Waals surface area contributed by atoms with Gasteiger partial charge >= 0.3 is 0 Å². The number of likely N-dealkylation sites (N-methyl/N-ethyl adjacent to an activating group) is 1. The number of aryl methyl sites for hydroxylation is 2. The molecule has 3 rings (SSSR count). The van der Waals surface area contributed by atoms with Gasteiger partial charge in [-0.15, -0.1) is 0 Å². The maximum absolute atomic E-state index is 12.5. The topological polar surface area (TPSA) is 59.4 Å². The number of fused-ring (bicyclic) bond motifs is 1. The van der Waals surface area contributed by atoms with Crippen molar-refractivity contribution in [2.24, 2.45) is 0 Å². The van der Waals surface area contributed by atoms with Gasteiger partial charge in [-0.2, -0.15) is 5.10 Å². The molecule has 1 aromatic heterocycles. The first-order valence-electron chi connectivity index (χ1n) is 8.78. The summed E-state index contributed by atoms with van der Waals surface area (Å²) in [7, 11) is 1.98. The van der Waals surface area contributed by atoms with Crippen LogP contribution in [0.5, 0.6) is 5.75 Å². The molecule has 1 N–H and O–H groups in total. The molecule has 0 fully saturated rings. The summed E-state index contributed by atoms with van der Waals surface area (Å²) >= 11 is 0. The van der Waals surface area contributed by atoms with Gasteiger partial charge < -0.3 is 15.0 Å². The van der Waals surface area contributed by atoms with E-state index in [1.807, 2.05) is 42.9 Å². The SMILES string of the molecule is CCn1nc(C)c(CCNC(=O)C2CN(C)c3ccccc3O2)c1C. The summed E-state index contributed by atoms with van der Waals surface area (Å²) in [5, 5.41) is 7.53. The Morgan fingerprint density at radius 3 is 2.84 bits per heavy atom. The number of amides is 1. The molecular weight excluding hydrogens is 316 g/mol. The fraction of sp³-hybridized carbons (Fsp3) is 0.474. The maximum atomic E-state index is 12.5. The molecule has 0 aliphatic carbocycles. The molecule has 0 saturated carbocycles. The van der Waals surface area contributed by atoms with E-state index in [0.717, 1.165) is 30.1 Å². The number of carbonyl (C=O) groups is 1. The van der Waals surface area contributed by atoms with Crippen LogP contribution in [0.15, 0.2) is 24.3 Å². The second-order valence-corrected chi connectivity index (χ2v) is 6.46. The molecule has 6 nitrogen and oxygen atoms in total. The lowest BCUT2D eigenvalue weighted by Crippen LogP contribution is -2.48. The lowest BCUT2D eigenvalue weighted by molar-refractivity contribution is -0.127. The van der Waals surface area contributed by atoms with Crippen LogP contribution < -0.4 is 15.0 Å². The number of aromatic nitrogens is 2. The summed E-state index contributed by atoms with van der Waals surface area (Å²) < 4.78 is 7.87. The molecule has 0 spiro atoms. The van der Waals surface area contributed by atoms with Crippen LogP contribution in [0, 0.1) is 13.8 Å². The summed E-state index contributed by atoms with van der Waals surface area (Å²) in [6.45, 7) is 8.18. The van der Waals surface area contributed by atoms with Crippen LogP contribution >= 0.6 is 0 Å². The van der Waals surface area contributed by atoms with Crippen LogP contribution in [-0.4, -0.2) is 41.9 Å². The lowest BCUT2D eigenvalue weighted by Gasteiger charge is -2.32. The number of rotatable bonds is 5. The number of benzene rings is 1. The van der Waals surface area contributed by atoms with Crippen LogP contribution in [0.3, 0.4) is 0 Å². The van der Waals surface area contributed by atoms with Gasteiger partial charge in [0.25, 0.3) is 5.91 Å². The largest absolute Gasteiger partial charge is 0.477 e. The van der Waals surface area contributed by atoms with Crippen molar-refractivity contribution in [1.82, 2.24) is 15.1 Å². The minimum atomic E-state index is -0.486. The number of hydrogen-bond acceptors (Lipinski definition) is 4. The van der Waals surface area contributed by atoms with E-state index in [1.54, 1.807) is 0 Å². The zero-order valence-corrected chi connectivity index (χ0v) is 15.4. The maximum Gasteiger partial charge on any atom is 0.262 e. The van der Waals surface area contributed by atoms with Crippen LogP contribution in [0.4, 0.5) is 5.69 Å². The van der Waals surface area contributed by atoms with Crippen molar-refractivity contribution in [1.29, 1.82) is 0 Å². The standard InChI is InChI=1S/C19H26N4O2/c1-5-23-14(3)15(13(2)21-23)10-11-20-19(24)18-12-22(4)16-8-6-7-9-17(16)25-18/h6-9,18H,5,10-12H2,1-4H3,(H,20,24). The third-order valence-corrected chi connectivity index (χ3v) is 4.78. The minimum Gasteiger partial charge on any atom is -0.477 e. The van der Waals surface area contributed by atoms with E-state index in [1.165, 1.54) is 11.3 Å². The first-order valence-corrected chi connectivity index (χ1v) is 8.78. The van der Waals surface area contributed by atoms with Crippen LogP contribution in [0.25, 0.3) is 0 Å². The number of hydrogen-bond donors (Lipinski definition) is 1. The highest BCUT2D eigenvalue weighted by molar-refractivity contribution is 5.83. The Labute approximate surface area is 148 Å². The second kappa shape index (κ2) is 7.17. The summed E-state index contributed by atoms with van der Waals surface area (Å²) in [6, 6.07) is 7.79. The first-order chi connectivity index (χ1) is 12.0. The highest BCUT2D eigenvalue weighted by Crippen LogP contribution is 2.31. The van der Waals surface area contributed by atoms with Gasteiger partial charge in [-0.05, 0) is 44.9 Å². The smallest absolute Gasteiger partial charge is 0.262 e. The van der Waals surface area contributed by atoms with Gasteiger partial charge in [0.2, 0.25) is 0 Å². The van der Waals surface area contributed by atoms with Gasteiger partial charge in [0.05, 0.1) is 17.9 Å². The number of nitrogens with one attached hydrogen (secondary N) is 1. The Bertz CT molecular complexity index is 769. The van der Waals surface area contributed by atoms with E-state index in [0.29, 0.717) is 13.1 Å². The summed E-state index contributed by atoms with van der Waals surface area (Å²) in [5.41, 5.74) is 4.45. The van der Waals surface area contributed by atoms with Crippen LogP contribution in [0.2, 0.25) is 0 Å². The normalized spacial score (nSPS) is 16.3. The van der Waals surface area contributed by atoms with E-state index >= 15 is 0 Å². The molecule has 134 valence electrons. The molecule has 0 radical (unpaired) electrons. The zero-order chi connectivity index (χ0) is 18.0. The van der Waals surface area contributed by atoms with Crippen LogP contribution in [0.1, 0.15) is 23.9 Å².